The lowest BCUT2D eigenvalue weighted by atomic mass is 9.47. The van der Waals surface area contributed by atoms with Gasteiger partial charge in [0, 0.05) is 44.2 Å². The third kappa shape index (κ3) is 5.03. The van der Waals surface area contributed by atoms with Crippen LogP contribution in [0.25, 0.3) is 0 Å². The van der Waals surface area contributed by atoms with Crippen LogP contribution in [-0.2, 0) is 4.79 Å². The molecule has 1 aromatic rings. The van der Waals surface area contributed by atoms with Crippen molar-refractivity contribution in [2.75, 3.05) is 6.54 Å². The zero-order valence-electron chi connectivity index (χ0n) is 25.4. The number of hydrogen-bond acceptors (Lipinski definition) is 4. The molecule has 6 rings (SSSR count). The van der Waals surface area contributed by atoms with Gasteiger partial charge >= 0.3 is 0 Å². The third-order valence-electron chi connectivity index (χ3n) is 12.8. The number of carbonyl (C=O) groups excluding carboxylic acids is 1. The summed E-state index contributed by atoms with van der Waals surface area (Å²) < 4.78 is 6.17. The molecule has 1 aliphatic heterocycles. The lowest BCUT2D eigenvalue weighted by Crippen LogP contribution is -2.51. The van der Waals surface area contributed by atoms with Gasteiger partial charge in [0.1, 0.15) is 11.9 Å². The number of pyridine rings is 1. The normalized spacial score (nSPS) is 41.8. The maximum absolute atomic E-state index is 13.4. The van der Waals surface area contributed by atoms with E-state index in [-0.39, 0.29) is 18.2 Å². The number of amides is 1. The number of nitrogens with zero attached hydrogens (tertiary/aromatic N) is 2. The van der Waals surface area contributed by atoms with Crippen molar-refractivity contribution < 1.29 is 14.6 Å². The van der Waals surface area contributed by atoms with Crippen molar-refractivity contribution in [3.63, 3.8) is 0 Å². The van der Waals surface area contributed by atoms with Gasteiger partial charge in [-0.05, 0) is 117 Å². The Bertz CT molecular complexity index is 1090. The molecule has 2 heterocycles. The number of likely N-dealkylation sites (tertiary alicyclic amines) is 1. The second kappa shape index (κ2) is 11.1. The van der Waals surface area contributed by atoms with Gasteiger partial charge in [0.25, 0.3) is 0 Å². The summed E-state index contributed by atoms with van der Waals surface area (Å²) in [6.45, 7) is 10.6. The first kappa shape index (κ1) is 28.2. The van der Waals surface area contributed by atoms with Crippen LogP contribution in [0.3, 0.4) is 0 Å². The molecule has 0 radical (unpaired) electrons. The molecule has 5 heteroatoms. The highest BCUT2D eigenvalue weighted by atomic mass is 16.5. The molecule has 220 valence electrons. The van der Waals surface area contributed by atoms with Gasteiger partial charge in [-0.1, -0.05) is 32.4 Å². The predicted octanol–water partition coefficient (Wildman–Crippen LogP) is 7.20. The Morgan fingerprint density at radius 1 is 1.12 bits per heavy atom. The van der Waals surface area contributed by atoms with Gasteiger partial charge in [0.05, 0.1) is 6.10 Å². The number of piperidine rings is 1. The first-order valence-corrected chi connectivity index (χ1v) is 16.4. The monoisotopic (exact) mass is 548 g/mol. The summed E-state index contributed by atoms with van der Waals surface area (Å²) in [5.74, 6) is 4.94. The van der Waals surface area contributed by atoms with E-state index in [1.165, 1.54) is 32.1 Å². The van der Waals surface area contributed by atoms with Crippen LogP contribution >= 0.6 is 0 Å². The van der Waals surface area contributed by atoms with Gasteiger partial charge in [0.2, 0.25) is 5.91 Å². The third-order valence-corrected chi connectivity index (χ3v) is 12.8. The molecule has 3 saturated carbocycles. The Morgan fingerprint density at radius 3 is 2.70 bits per heavy atom. The predicted molar refractivity (Wildman–Crippen MR) is 159 cm³/mol. The highest BCUT2D eigenvalue weighted by Gasteiger charge is 2.59. The van der Waals surface area contributed by atoms with Crippen LogP contribution in [0.2, 0.25) is 0 Å². The van der Waals surface area contributed by atoms with Crippen LogP contribution in [0, 0.1) is 40.4 Å². The average Bonchev–Trinajstić information content (AvgIpc) is 3.30. The lowest BCUT2D eigenvalue weighted by molar-refractivity contribution is -0.136. The molecule has 4 aliphatic carbocycles. The van der Waals surface area contributed by atoms with E-state index in [4.69, 9.17) is 4.74 Å². The molecule has 10 atom stereocenters. The van der Waals surface area contributed by atoms with E-state index in [1.54, 1.807) is 18.0 Å². The van der Waals surface area contributed by atoms with Gasteiger partial charge in [-0.25, -0.2) is 0 Å². The van der Waals surface area contributed by atoms with Crippen molar-refractivity contribution in [1.82, 2.24) is 9.88 Å². The van der Waals surface area contributed by atoms with Crippen LogP contribution in [0.15, 0.2) is 36.2 Å². The van der Waals surface area contributed by atoms with E-state index < -0.39 is 0 Å². The molecular weight excluding hydrogens is 496 g/mol. The Morgan fingerprint density at radius 2 is 1.93 bits per heavy atom. The van der Waals surface area contributed by atoms with E-state index in [2.05, 4.69) is 43.7 Å². The summed E-state index contributed by atoms with van der Waals surface area (Å²) in [7, 11) is 0. The van der Waals surface area contributed by atoms with Crippen LogP contribution in [-0.4, -0.2) is 45.7 Å². The number of fused-ring (bicyclic) bond motifs is 5. The van der Waals surface area contributed by atoms with Crippen molar-refractivity contribution in [3.8, 4) is 5.75 Å². The van der Waals surface area contributed by atoms with Crippen molar-refractivity contribution in [3.05, 3.63) is 36.2 Å². The largest absolute Gasteiger partial charge is 0.490 e. The van der Waals surface area contributed by atoms with Crippen LogP contribution in [0.4, 0.5) is 0 Å². The molecule has 5 aliphatic rings. The molecule has 1 aromatic heterocycles. The average molecular weight is 549 g/mol. The Hall–Kier alpha value is -1.88. The number of allylic oxidation sites excluding steroid dienone is 1. The van der Waals surface area contributed by atoms with E-state index in [9.17, 15) is 9.90 Å². The maximum atomic E-state index is 13.4. The summed E-state index contributed by atoms with van der Waals surface area (Å²) in [6.07, 6.45) is 19.3. The van der Waals surface area contributed by atoms with E-state index >= 15 is 0 Å². The summed E-state index contributed by atoms with van der Waals surface area (Å²) >= 11 is 0. The van der Waals surface area contributed by atoms with Gasteiger partial charge in [-0.2, -0.15) is 0 Å². The number of aromatic nitrogens is 1. The Kier molecular flexibility index (Phi) is 7.82. The summed E-state index contributed by atoms with van der Waals surface area (Å²) in [6, 6.07) is 4.04. The fourth-order valence-corrected chi connectivity index (χ4v) is 10.5. The molecule has 4 fully saturated rings. The van der Waals surface area contributed by atoms with E-state index in [0.29, 0.717) is 29.1 Å². The lowest BCUT2D eigenvalue weighted by Gasteiger charge is -2.58. The molecule has 1 amide bonds. The molecule has 1 unspecified atom stereocenters. The summed E-state index contributed by atoms with van der Waals surface area (Å²) in [4.78, 5) is 19.6. The topological polar surface area (TPSA) is 62.7 Å². The van der Waals surface area contributed by atoms with E-state index in [0.717, 1.165) is 74.5 Å². The van der Waals surface area contributed by atoms with Crippen LogP contribution in [0.1, 0.15) is 105 Å². The molecule has 0 spiro atoms. The number of carbonyl (C=O) groups is 1. The molecule has 5 nitrogen and oxygen atoms in total. The summed E-state index contributed by atoms with van der Waals surface area (Å²) in [5, 5.41) is 10.3. The molecule has 1 N–H and O–H groups in total. The Labute approximate surface area is 242 Å². The molecule has 0 bridgehead atoms. The minimum Gasteiger partial charge on any atom is -0.490 e. The first-order chi connectivity index (χ1) is 19.2. The Balaban J connectivity index is 1.03. The molecule has 1 saturated heterocycles. The quantitative estimate of drug-likeness (QED) is 0.382. The highest BCUT2D eigenvalue weighted by Crippen LogP contribution is 2.67. The summed E-state index contributed by atoms with van der Waals surface area (Å²) in [5.41, 5.74) is 2.29. The van der Waals surface area contributed by atoms with Gasteiger partial charge < -0.3 is 14.7 Å². The SMILES string of the molecule is CC(CCC(=O)N1CC[C@@H](Oc2ccncc2)C[C@@H]1C)[C@H]1CC[C@H]2[C@@H]3CC=C4C[C@@H](O)CC[C@]4(C)[C@H]3CC[C@]12C. The molecule has 40 heavy (non-hydrogen) atoms. The van der Waals surface area contributed by atoms with Crippen molar-refractivity contribution in [2.24, 2.45) is 40.4 Å². The minimum atomic E-state index is -0.126. The number of ether oxygens (including phenoxy) is 1. The van der Waals surface area contributed by atoms with Crippen LogP contribution in [0.5, 0.6) is 5.75 Å². The van der Waals surface area contributed by atoms with Crippen LogP contribution < -0.4 is 4.74 Å². The number of aliphatic hydroxyl groups is 1. The highest BCUT2D eigenvalue weighted by molar-refractivity contribution is 5.76. The van der Waals surface area contributed by atoms with Crippen molar-refractivity contribution in [1.29, 1.82) is 0 Å². The number of rotatable bonds is 6. The molecule has 0 aromatic carbocycles. The first-order valence-electron chi connectivity index (χ1n) is 16.4. The van der Waals surface area contributed by atoms with Crippen molar-refractivity contribution >= 4 is 5.91 Å². The maximum Gasteiger partial charge on any atom is 0.222 e. The smallest absolute Gasteiger partial charge is 0.222 e. The molecular formula is C35H52N2O3. The van der Waals surface area contributed by atoms with E-state index in [1.807, 2.05) is 12.1 Å². The fraction of sp³-hybridized carbons (Fsp3) is 0.771. The van der Waals surface area contributed by atoms with Gasteiger partial charge in [0.15, 0.2) is 0 Å². The minimum absolute atomic E-state index is 0.126. The number of aliphatic hydroxyl groups excluding tert-OH is 1. The fourth-order valence-electron chi connectivity index (χ4n) is 10.5. The number of hydrogen-bond donors (Lipinski definition) is 1. The standard InChI is InChI=1S/C35H52N2O3/c1-23(5-10-33(39)37-20-15-28(21-24(37)2)40-27-13-18-36-19-14-27)30-8-9-31-29-7-6-25-22-26(38)11-16-34(25,3)32(29)12-17-35(30,31)4/h6,13-14,18-19,23-24,26,28-32,38H,5,7-12,15-17,20-22H2,1-4H3/t23?,24-,26-,28+,29-,30+,31-,32-,34-,35+/m0/s1. The van der Waals surface area contributed by atoms with Gasteiger partial charge in [-0.3, -0.25) is 9.78 Å². The van der Waals surface area contributed by atoms with Crippen molar-refractivity contribution in [2.45, 2.75) is 123 Å². The second-order valence-electron chi connectivity index (χ2n) is 14.8. The second-order valence-corrected chi connectivity index (χ2v) is 14.8. The zero-order chi connectivity index (χ0) is 28.1. The van der Waals surface area contributed by atoms with Gasteiger partial charge in [-0.15, -0.1) is 0 Å². The zero-order valence-corrected chi connectivity index (χ0v) is 25.4.